The Balaban J connectivity index is 1.90. The van der Waals surface area contributed by atoms with E-state index in [1.807, 2.05) is 19.1 Å². The highest BCUT2D eigenvalue weighted by molar-refractivity contribution is 9.10. The average molecular weight is 342 g/mol. The first-order valence-electron chi connectivity index (χ1n) is 6.40. The normalized spacial score (nSPS) is 21.7. The van der Waals surface area contributed by atoms with E-state index in [-0.39, 0.29) is 12.0 Å². The van der Waals surface area contributed by atoms with Crippen LogP contribution in [0.1, 0.15) is 28.8 Å². The van der Waals surface area contributed by atoms with Gasteiger partial charge in [-0.3, -0.25) is 4.79 Å². The monoisotopic (exact) mass is 341 g/mol. The van der Waals surface area contributed by atoms with Crippen LogP contribution in [0.3, 0.4) is 0 Å². The number of amides is 1. The minimum atomic E-state index is -0.943. The van der Waals surface area contributed by atoms with Crippen LogP contribution in [0.5, 0.6) is 0 Å². The lowest BCUT2D eigenvalue weighted by Crippen LogP contribution is -2.33. The van der Waals surface area contributed by atoms with Gasteiger partial charge in [0, 0.05) is 16.6 Å². The van der Waals surface area contributed by atoms with Crippen molar-refractivity contribution in [2.45, 2.75) is 32.0 Å². The van der Waals surface area contributed by atoms with E-state index in [0.29, 0.717) is 24.9 Å². The van der Waals surface area contributed by atoms with E-state index in [9.17, 15) is 9.59 Å². The zero-order valence-corrected chi connectivity index (χ0v) is 12.6. The SMILES string of the molecule is Cc1ccc(Br)cc1C(=O)NCC1CCC(C(=O)O)O1. The average Bonchev–Trinajstić information content (AvgIpc) is 2.88. The fourth-order valence-electron chi connectivity index (χ4n) is 2.18. The summed E-state index contributed by atoms with van der Waals surface area (Å²) in [7, 11) is 0. The van der Waals surface area contributed by atoms with Gasteiger partial charge in [-0.05, 0) is 37.5 Å². The second-order valence-electron chi connectivity index (χ2n) is 4.83. The standard InChI is InChI=1S/C14H16BrNO4/c1-8-2-3-9(15)6-11(8)13(17)16-7-10-4-5-12(20-10)14(18)19/h2-3,6,10,12H,4-5,7H2,1H3,(H,16,17)(H,18,19). The van der Waals surface area contributed by atoms with Gasteiger partial charge in [0.25, 0.3) is 5.91 Å². The third-order valence-corrected chi connectivity index (χ3v) is 3.81. The molecule has 2 rings (SSSR count). The van der Waals surface area contributed by atoms with Crippen LogP contribution in [0.15, 0.2) is 22.7 Å². The maximum Gasteiger partial charge on any atom is 0.332 e. The number of carboxylic acids is 1. The number of carboxylic acid groups (broad SMARTS) is 1. The van der Waals surface area contributed by atoms with E-state index in [1.54, 1.807) is 6.07 Å². The molecule has 0 aliphatic carbocycles. The molecular formula is C14H16BrNO4. The number of rotatable bonds is 4. The van der Waals surface area contributed by atoms with Gasteiger partial charge in [0.1, 0.15) is 0 Å². The van der Waals surface area contributed by atoms with Gasteiger partial charge in [0.15, 0.2) is 6.10 Å². The first-order chi connectivity index (χ1) is 9.47. The largest absolute Gasteiger partial charge is 0.479 e. The molecule has 2 atom stereocenters. The Labute approximate surface area is 125 Å². The highest BCUT2D eigenvalue weighted by Crippen LogP contribution is 2.20. The molecule has 0 radical (unpaired) electrons. The van der Waals surface area contributed by atoms with Crippen LogP contribution in [0, 0.1) is 6.92 Å². The van der Waals surface area contributed by atoms with Crippen molar-refractivity contribution >= 4 is 27.8 Å². The van der Waals surface area contributed by atoms with Crippen LogP contribution in [0.2, 0.25) is 0 Å². The van der Waals surface area contributed by atoms with Gasteiger partial charge >= 0.3 is 5.97 Å². The maximum absolute atomic E-state index is 12.1. The summed E-state index contributed by atoms with van der Waals surface area (Å²) in [5.41, 5.74) is 1.49. The van der Waals surface area contributed by atoms with E-state index >= 15 is 0 Å². The van der Waals surface area contributed by atoms with E-state index < -0.39 is 12.1 Å². The van der Waals surface area contributed by atoms with Crippen molar-refractivity contribution < 1.29 is 19.4 Å². The van der Waals surface area contributed by atoms with Gasteiger partial charge in [-0.15, -0.1) is 0 Å². The molecule has 6 heteroatoms. The molecule has 1 aromatic carbocycles. The molecule has 1 aliphatic rings. The van der Waals surface area contributed by atoms with Crippen LogP contribution in [-0.2, 0) is 9.53 Å². The Morgan fingerprint density at radius 3 is 2.85 bits per heavy atom. The number of ether oxygens (including phenoxy) is 1. The van der Waals surface area contributed by atoms with Crippen molar-refractivity contribution in [1.29, 1.82) is 0 Å². The second kappa shape index (κ2) is 6.37. The molecule has 1 aromatic rings. The molecule has 1 heterocycles. The molecule has 1 aliphatic heterocycles. The van der Waals surface area contributed by atoms with Crippen molar-refractivity contribution in [2.75, 3.05) is 6.54 Å². The topological polar surface area (TPSA) is 75.6 Å². The quantitative estimate of drug-likeness (QED) is 0.879. The van der Waals surface area contributed by atoms with Gasteiger partial charge in [0.2, 0.25) is 0 Å². The molecule has 0 spiro atoms. The molecule has 20 heavy (non-hydrogen) atoms. The lowest BCUT2D eigenvalue weighted by Gasteiger charge is -2.13. The van der Waals surface area contributed by atoms with E-state index in [1.165, 1.54) is 0 Å². The lowest BCUT2D eigenvalue weighted by molar-refractivity contribution is -0.149. The van der Waals surface area contributed by atoms with Gasteiger partial charge in [0.05, 0.1) is 6.10 Å². The molecule has 2 N–H and O–H groups in total. The summed E-state index contributed by atoms with van der Waals surface area (Å²) in [6.45, 7) is 2.20. The Morgan fingerprint density at radius 1 is 1.45 bits per heavy atom. The molecular weight excluding hydrogens is 326 g/mol. The summed E-state index contributed by atoms with van der Waals surface area (Å²) in [6, 6.07) is 5.51. The highest BCUT2D eigenvalue weighted by Gasteiger charge is 2.30. The van der Waals surface area contributed by atoms with E-state index in [4.69, 9.17) is 9.84 Å². The fourth-order valence-corrected chi connectivity index (χ4v) is 2.54. The first kappa shape index (κ1) is 15.0. The number of halogens is 1. The van der Waals surface area contributed by atoms with Crippen molar-refractivity contribution in [3.05, 3.63) is 33.8 Å². The number of carbonyl (C=O) groups is 2. The van der Waals surface area contributed by atoms with Crippen molar-refractivity contribution in [1.82, 2.24) is 5.32 Å². The summed E-state index contributed by atoms with van der Waals surface area (Å²) in [6.07, 6.45) is 0.164. The Bertz CT molecular complexity index is 532. The Kier molecular flexibility index (Phi) is 4.77. The Morgan fingerprint density at radius 2 is 2.20 bits per heavy atom. The lowest BCUT2D eigenvalue weighted by atomic mass is 10.1. The molecule has 108 valence electrons. The molecule has 0 bridgehead atoms. The van der Waals surface area contributed by atoms with Crippen LogP contribution in [0.25, 0.3) is 0 Å². The van der Waals surface area contributed by atoms with E-state index in [2.05, 4.69) is 21.2 Å². The molecule has 2 unspecified atom stereocenters. The highest BCUT2D eigenvalue weighted by atomic mass is 79.9. The zero-order chi connectivity index (χ0) is 14.7. The predicted octanol–water partition coefficient (Wildman–Crippen LogP) is 2.12. The van der Waals surface area contributed by atoms with Crippen LogP contribution in [-0.4, -0.2) is 35.7 Å². The number of aliphatic carboxylic acids is 1. The van der Waals surface area contributed by atoms with Gasteiger partial charge in [-0.2, -0.15) is 0 Å². The number of benzene rings is 1. The number of hydrogen-bond donors (Lipinski definition) is 2. The van der Waals surface area contributed by atoms with Crippen LogP contribution in [0.4, 0.5) is 0 Å². The number of aryl methyl sites for hydroxylation is 1. The van der Waals surface area contributed by atoms with Gasteiger partial charge < -0.3 is 15.2 Å². The van der Waals surface area contributed by atoms with Crippen molar-refractivity contribution in [3.63, 3.8) is 0 Å². The Hall–Kier alpha value is -1.40. The third-order valence-electron chi connectivity index (χ3n) is 3.32. The first-order valence-corrected chi connectivity index (χ1v) is 7.19. The minimum absolute atomic E-state index is 0.175. The molecule has 0 aromatic heterocycles. The van der Waals surface area contributed by atoms with Gasteiger partial charge in [-0.1, -0.05) is 22.0 Å². The summed E-state index contributed by atoms with van der Waals surface area (Å²) in [5, 5.41) is 11.6. The smallest absolute Gasteiger partial charge is 0.332 e. The van der Waals surface area contributed by atoms with Crippen LogP contribution < -0.4 is 5.32 Å². The molecule has 0 saturated carbocycles. The number of carbonyl (C=O) groups excluding carboxylic acids is 1. The third kappa shape index (κ3) is 3.58. The van der Waals surface area contributed by atoms with E-state index in [0.717, 1.165) is 10.0 Å². The summed E-state index contributed by atoms with van der Waals surface area (Å²) in [5.74, 6) is -1.12. The molecule has 1 saturated heterocycles. The predicted molar refractivity (Wildman–Crippen MR) is 76.7 cm³/mol. The zero-order valence-electron chi connectivity index (χ0n) is 11.1. The maximum atomic E-state index is 12.1. The van der Waals surface area contributed by atoms with Crippen molar-refractivity contribution in [3.8, 4) is 0 Å². The molecule has 1 fully saturated rings. The fraction of sp³-hybridized carbons (Fsp3) is 0.429. The van der Waals surface area contributed by atoms with Gasteiger partial charge in [-0.25, -0.2) is 4.79 Å². The minimum Gasteiger partial charge on any atom is -0.479 e. The molecule has 1 amide bonds. The van der Waals surface area contributed by atoms with Crippen molar-refractivity contribution in [2.24, 2.45) is 0 Å². The second-order valence-corrected chi connectivity index (χ2v) is 5.75. The summed E-state index contributed by atoms with van der Waals surface area (Å²) in [4.78, 5) is 22.9. The van der Waals surface area contributed by atoms with Crippen LogP contribution >= 0.6 is 15.9 Å². The number of nitrogens with one attached hydrogen (secondary N) is 1. The summed E-state index contributed by atoms with van der Waals surface area (Å²) >= 11 is 3.34. The molecule has 5 nitrogen and oxygen atoms in total. The number of hydrogen-bond acceptors (Lipinski definition) is 3. The summed E-state index contributed by atoms with van der Waals surface area (Å²) < 4.78 is 6.18.